The van der Waals surface area contributed by atoms with Crippen LogP contribution in [0, 0.1) is 17.8 Å². The van der Waals surface area contributed by atoms with Gasteiger partial charge in [-0.1, -0.05) is 221 Å². The zero-order valence-corrected chi connectivity index (χ0v) is 37.7. The Morgan fingerprint density at radius 1 is 0.364 bits per heavy atom. The van der Waals surface area contributed by atoms with E-state index >= 15 is 0 Å². The van der Waals surface area contributed by atoms with Crippen molar-refractivity contribution in [2.75, 3.05) is 13.2 Å². The minimum absolute atomic E-state index is 0.0663. The molecule has 6 nitrogen and oxygen atoms in total. The van der Waals surface area contributed by atoms with Gasteiger partial charge in [0.1, 0.15) is 13.2 Å². The standard InChI is InChI=1S/C49H94O6/c1-7-45(6)37-31-25-21-22-28-34-40-49(52)55-46(42-54-48(51)39-33-27-20-16-15-18-24-30-36-44(4)5)41-53-47(50)38-32-26-19-14-12-10-8-9-11-13-17-23-29-35-43(2)3/h43-46H,7-42H2,1-6H3/t45?,46-/m0/s1. The summed E-state index contributed by atoms with van der Waals surface area (Å²) in [4.78, 5) is 37.8. The van der Waals surface area contributed by atoms with Gasteiger partial charge >= 0.3 is 17.9 Å². The Bertz CT molecular complexity index is 854. The molecule has 0 aliphatic heterocycles. The van der Waals surface area contributed by atoms with Gasteiger partial charge in [0.25, 0.3) is 0 Å². The molecule has 0 rings (SSSR count). The summed E-state index contributed by atoms with van der Waals surface area (Å²) in [6, 6.07) is 0. The summed E-state index contributed by atoms with van der Waals surface area (Å²) in [5, 5.41) is 0. The largest absolute Gasteiger partial charge is 0.462 e. The van der Waals surface area contributed by atoms with Crippen molar-refractivity contribution in [2.24, 2.45) is 17.8 Å². The van der Waals surface area contributed by atoms with E-state index in [-0.39, 0.29) is 31.1 Å². The lowest BCUT2D eigenvalue weighted by Gasteiger charge is -2.18. The van der Waals surface area contributed by atoms with E-state index in [0.717, 1.165) is 75.5 Å². The third-order valence-electron chi connectivity index (χ3n) is 11.3. The lowest BCUT2D eigenvalue weighted by Crippen LogP contribution is -2.30. The number of rotatable bonds is 42. The molecule has 1 unspecified atom stereocenters. The van der Waals surface area contributed by atoms with Crippen LogP contribution in [0.15, 0.2) is 0 Å². The predicted octanol–water partition coefficient (Wildman–Crippen LogP) is 15.2. The summed E-state index contributed by atoms with van der Waals surface area (Å²) >= 11 is 0. The average molecular weight is 779 g/mol. The van der Waals surface area contributed by atoms with Gasteiger partial charge in [0.2, 0.25) is 0 Å². The highest BCUT2D eigenvalue weighted by Gasteiger charge is 2.19. The van der Waals surface area contributed by atoms with E-state index in [4.69, 9.17) is 14.2 Å². The van der Waals surface area contributed by atoms with E-state index in [9.17, 15) is 14.4 Å². The maximum absolute atomic E-state index is 12.7. The Labute approximate surface area is 342 Å². The van der Waals surface area contributed by atoms with Gasteiger partial charge in [-0.2, -0.15) is 0 Å². The molecule has 0 N–H and O–H groups in total. The lowest BCUT2D eigenvalue weighted by molar-refractivity contribution is -0.167. The number of esters is 3. The zero-order valence-electron chi connectivity index (χ0n) is 37.7. The van der Waals surface area contributed by atoms with E-state index in [0.29, 0.717) is 19.3 Å². The van der Waals surface area contributed by atoms with Crippen LogP contribution in [0.25, 0.3) is 0 Å². The quantitative estimate of drug-likeness (QED) is 0.0349. The second-order valence-corrected chi connectivity index (χ2v) is 17.9. The summed E-state index contributed by atoms with van der Waals surface area (Å²) in [6.45, 7) is 13.6. The Hall–Kier alpha value is -1.59. The van der Waals surface area contributed by atoms with Crippen molar-refractivity contribution in [1.82, 2.24) is 0 Å². The van der Waals surface area contributed by atoms with Crippen LogP contribution < -0.4 is 0 Å². The third kappa shape index (κ3) is 41.9. The molecule has 0 aliphatic carbocycles. The van der Waals surface area contributed by atoms with Crippen LogP contribution in [0.5, 0.6) is 0 Å². The minimum Gasteiger partial charge on any atom is -0.462 e. The summed E-state index contributed by atoms with van der Waals surface area (Å²) in [6.07, 6.45) is 38.1. The molecule has 0 radical (unpaired) electrons. The number of hydrogen-bond donors (Lipinski definition) is 0. The molecular formula is C49H94O6. The molecule has 0 bridgehead atoms. The van der Waals surface area contributed by atoms with Crippen LogP contribution in [-0.4, -0.2) is 37.2 Å². The van der Waals surface area contributed by atoms with Gasteiger partial charge in [0.15, 0.2) is 6.10 Å². The smallest absolute Gasteiger partial charge is 0.306 e. The highest BCUT2D eigenvalue weighted by Crippen LogP contribution is 2.17. The molecule has 2 atom stereocenters. The highest BCUT2D eigenvalue weighted by molar-refractivity contribution is 5.71. The van der Waals surface area contributed by atoms with E-state index in [2.05, 4.69) is 41.5 Å². The summed E-state index contributed by atoms with van der Waals surface area (Å²) in [5.74, 6) is 1.58. The van der Waals surface area contributed by atoms with Crippen LogP contribution in [0.4, 0.5) is 0 Å². The van der Waals surface area contributed by atoms with Crippen LogP contribution in [0.3, 0.4) is 0 Å². The Morgan fingerprint density at radius 3 is 0.945 bits per heavy atom. The van der Waals surface area contributed by atoms with E-state index < -0.39 is 6.10 Å². The number of carbonyl (C=O) groups is 3. The second kappa shape index (κ2) is 40.6. The molecule has 0 heterocycles. The SMILES string of the molecule is CCC(C)CCCCCCCCC(=O)O[C@@H](COC(=O)CCCCCCCCCCCCCCCC(C)C)COC(=O)CCCCCCCCCCC(C)C. The van der Waals surface area contributed by atoms with Crippen molar-refractivity contribution >= 4 is 17.9 Å². The fourth-order valence-electron chi connectivity index (χ4n) is 7.20. The Balaban J connectivity index is 4.29. The van der Waals surface area contributed by atoms with Gasteiger partial charge in [-0.25, -0.2) is 0 Å². The fraction of sp³-hybridized carbons (Fsp3) is 0.939. The van der Waals surface area contributed by atoms with Crippen LogP contribution in [0.1, 0.15) is 260 Å². The zero-order chi connectivity index (χ0) is 40.6. The lowest BCUT2D eigenvalue weighted by atomic mass is 10.00. The number of ether oxygens (including phenoxy) is 3. The Kier molecular flexibility index (Phi) is 39.4. The molecule has 0 aromatic rings. The maximum atomic E-state index is 12.7. The first kappa shape index (κ1) is 53.4. The topological polar surface area (TPSA) is 78.9 Å². The molecule has 0 saturated carbocycles. The van der Waals surface area contributed by atoms with E-state index in [1.165, 1.54) is 141 Å². The van der Waals surface area contributed by atoms with Crippen molar-refractivity contribution in [3.8, 4) is 0 Å². The van der Waals surface area contributed by atoms with E-state index in [1.807, 2.05) is 0 Å². The van der Waals surface area contributed by atoms with E-state index in [1.54, 1.807) is 0 Å². The average Bonchev–Trinajstić information content (AvgIpc) is 3.15. The van der Waals surface area contributed by atoms with Crippen molar-refractivity contribution in [3.05, 3.63) is 0 Å². The highest BCUT2D eigenvalue weighted by atomic mass is 16.6. The molecule has 326 valence electrons. The summed E-state index contributed by atoms with van der Waals surface area (Å²) in [7, 11) is 0. The van der Waals surface area contributed by atoms with Gasteiger partial charge in [-0.05, 0) is 37.0 Å². The van der Waals surface area contributed by atoms with Crippen LogP contribution in [0.2, 0.25) is 0 Å². The summed E-state index contributed by atoms with van der Waals surface area (Å²) in [5.41, 5.74) is 0. The monoisotopic (exact) mass is 779 g/mol. The van der Waals surface area contributed by atoms with Crippen molar-refractivity contribution in [2.45, 2.75) is 266 Å². The fourth-order valence-corrected chi connectivity index (χ4v) is 7.20. The van der Waals surface area contributed by atoms with Crippen molar-refractivity contribution in [3.63, 3.8) is 0 Å². The normalized spacial score (nSPS) is 12.7. The number of unbranched alkanes of at least 4 members (excludes halogenated alkanes) is 24. The molecular weight excluding hydrogens is 685 g/mol. The molecule has 0 fully saturated rings. The van der Waals surface area contributed by atoms with Crippen molar-refractivity contribution < 1.29 is 28.6 Å². The number of carbonyl (C=O) groups excluding carboxylic acids is 3. The molecule has 0 aromatic carbocycles. The molecule has 0 aromatic heterocycles. The predicted molar refractivity (Wildman–Crippen MR) is 233 cm³/mol. The van der Waals surface area contributed by atoms with Crippen LogP contribution in [-0.2, 0) is 28.6 Å². The van der Waals surface area contributed by atoms with Gasteiger partial charge in [-0.15, -0.1) is 0 Å². The third-order valence-corrected chi connectivity index (χ3v) is 11.3. The first-order chi connectivity index (χ1) is 26.6. The molecule has 55 heavy (non-hydrogen) atoms. The molecule has 0 saturated heterocycles. The second-order valence-electron chi connectivity index (χ2n) is 17.9. The van der Waals surface area contributed by atoms with Gasteiger partial charge in [-0.3, -0.25) is 14.4 Å². The Morgan fingerprint density at radius 2 is 0.636 bits per heavy atom. The molecule has 0 spiro atoms. The first-order valence-corrected chi connectivity index (χ1v) is 24.1. The van der Waals surface area contributed by atoms with Gasteiger partial charge < -0.3 is 14.2 Å². The van der Waals surface area contributed by atoms with Gasteiger partial charge in [0.05, 0.1) is 0 Å². The maximum Gasteiger partial charge on any atom is 0.306 e. The molecule has 0 aliphatic rings. The summed E-state index contributed by atoms with van der Waals surface area (Å²) < 4.78 is 16.7. The minimum atomic E-state index is -0.762. The first-order valence-electron chi connectivity index (χ1n) is 24.1. The van der Waals surface area contributed by atoms with Gasteiger partial charge in [0, 0.05) is 19.3 Å². The van der Waals surface area contributed by atoms with Crippen molar-refractivity contribution in [1.29, 1.82) is 0 Å². The van der Waals surface area contributed by atoms with Crippen LogP contribution >= 0.6 is 0 Å². The molecule has 6 heteroatoms. The number of hydrogen-bond acceptors (Lipinski definition) is 6. The molecule has 0 amide bonds.